The SMILES string of the molecule is CCS(=O)(=O)c1ccc(Oc2cc3[nH]c(-c4ccccn4)nc3cc2C2CCCSS2)cc1. The maximum absolute atomic E-state index is 12.1. The molecule has 0 aliphatic carbocycles. The summed E-state index contributed by atoms with van der Waals surface area (Å²) in [6.07, 6.45) is 3.98. The maximum atomic E-state index is 12.1. The van der Waals surface area contributed by atoms with Crippen LogP contribution in [0.15, 0.2) is 65.7 Å². The number of hydrogen-bond acceptors (Lipinski definition) is 7. The molecule has 0 amide bonds. The predicted molar refractivity (Wildman–Crippen MR) is 136 cm³/mol. The van der Waals surface area contributed by atoms with E-state index in [-0.39, 0.29) is 5.75 Å². The van der Waals surface area contributed by atoms with Gasteiger partial charge in [0.15, 0.2) is 15.7 Å². The fourth-order valence-corrected chi connectivity index (χ4v) is 7.45. The van der Waals surface area contributed by atoms with Crippen molar-refractivity contribution in [2.24, 2.45) is 0 Å². The van der Waals surface area contributed by atoms with Gasteiger partial charge in [-0.2, -0.15) is 0 Å². The van der Waals surface area contributed by atoms with Gasteiger partial charge in [-0.1, -0.05) is 34.6 Å². The third-order valence-electron chi connectivity index (χ3n) is 5.54. The second-order valence-electron chi connectivity index (χ2n) is 7.73. The van der Waals surface area contributed by atoms with Crippen molar-refractivity contribution < 1.29 is 13.2 Å². The van der Waals surface area contributed by atoms with Gasteiger partial charge in [-0.15, -0.1) is 0 Å². The second-order valence-corrected chi connectivity index (χ2v) is 12.7. The number of pyridine rings is 1. The molecule has 1 unspecified atom stereocenters. The quantitative estimate of drug-likeness (QED) is 0.307. The van der Waals surface area contributed by atoms with Gasteiger partial charge in [0, 0.05) is 28.8 Å². The number of nitrogens with one attached hydrogen (secondary N) is 1. The number of benzene rings is 2. The first-order chi connectivity index (χ1) is 16.0. The lowest BCUT2D eigenvalue weighted by atomic mass is 10.1. The summed E-state index contributed by atoms with van der Waals surface area (Å²) in [6, 6.07) is 16.5. The lowest BCUT2D eigenvalue weighted by Crippen LogP contribution is -2.03. The Balaban J connectivity index is 1.54. The van der Waals surface area contributed by atoms with Gasteiger partial charge in [0.2, 0.25) is 0 Å². The Hall–Kier alpha value is -2.49. The molecule has 0 spiro atoms. The minimum atomic E-state index is -3.25. The summed E-state index contributed by atoms with van der Waals surface area (Å²) in [6.45, 7) is 1.64. The summed E-state index contributed by atoms with van der Waals surface area (Å²) in [7, 11) is 0.506. The van der Waals surface area contributed by atoms with Crippen LogP contribution in [0.1, 0.15) is 30.6 Å². The van der Waals surface area contributed by atoms with Crippen molar-refractivity contribution >= 4 is 42.5 Å². The highest BCUT2D eigenvalue weighted by Gasteiger charge is 2.23. The number of imidazole rings is 1. The van der Waals surface area contributed by atoms with Gasteiger partial charge in [-0.3, -0.25) is 4.98 Å². The molecule has 0 saturated carbocycles. The van der Waals surface area contributed by atoms with E-state index in [1.165, 1.54) is 0 Å². The molecule has 0 radical (unpaired) electrons. The van der Waals surface area contributed by atoms with E-state index in [9.17, 15) is 8.42 Å². The highest BCUT2D eigenvalue weighted by molar-refractivity contribution is 8.76. The van der Waals surface area contributed by atoms with E-state index in [0.717, 1.165) is 46.6 Å². The topological polar surface area (TPSA) is 84.9 Å². The fraction of sp³-hybridized carbons (Fsp3) is 0.250. The highest BCUT2D eigenvalue weighted by atomic mass is 33.1. The first kappa shape index (κ1) is 22.3. The lowest BCUT2D eigenvalue weighted by Gasteiger charge is -2.23. The molecule has 0 bridgehead atoms. The summed E-state index contributed by atoms with van der Waals surface area (Å²) in [5, 5.41) is 0.304. The standard InChI is InChI=1S/C24H23N3O3S3/c1-2-33(28,29)17-10-8-16(9-11-17)30-22-15-21-20(14-18(22)23-7-5-13-31-32-23)26-24(27-21)19-6-3-4-12-25-19/h3-4,6,8-12,14-15,23H,2,5,7,13H2,1H3,(H,26,27). The lowest BCUT2D eigenvalue weighted by molar-refractivity contribution is 0.475. The minimum absolute atomic E-state index is 0.0724. The van der Waals surface area contributed by atoms with Gasteiger partial charge < -0.3 is 9.72 Å². The van der Waals surface area contributed by atoms with Crippen molar-refractivity contribution in [2.45, 2.75) is 29.9 Å². The van der Waals surface area contributed by atoms with E-state index in [2.05, 4.69) is 16.0 Å². The van der Waals surface area contributed by atoms with Crippen molar-refractivity contribution in [2.75, 3.05) is 11.5 Å². The Labute approximate surface area is 200 Å². The average Bonchev–Trinajstić information content (AvgIpc) is 3.28. The van der Waals surface area contributed by atoms with E-state index in [1.54, 1.807) is 37.4 Å². The Morgan fingerprint density at radius 2 is 2.00 bits per heavy atom. The van der Waals surface area contributed by atoms with Crippen LogP contribution in [0.5, 0.6) is 11.5 Å². The van der Waals surface area contributed by atoms with Crippen molar-refractivity contribution in [1.29, 1.82) is 0 Å². The van der Waals surface area contributed by atoms with Crippen LogP contribution in [0, 0.1) is 0 Å². The van der Waals surface area contributed by atoms with E-state index in [0.29, 0.717) is 21.7 Å². The number of rotatable bonds is 6. The molecule has 1 aliphatic rings. The van der Waals surface area contributed by atoms with Gasteiger partial charge in [0.25, 0.3) is 0 Å². The van der Waals surface area contributed by atoms with E-state index in [4.69, 9.17) is 9.72 Å². The van der Waals surface area contributed by atoms with E-state index in [1.807, 2.05) is 45.9 Å². The third-order valence-corrected chi connectivity index (χ3v) is 10.2. The van der Waals surface area contributed by atoms with Crippen molar-refractivity contribution in [3.05, 3.63) is 66.4 Å². The molecule has 1 N–H and O–H groups in total. The Morgan fingerprint density at radius 1 is 1.15 bits per heavy atom. The van der Waals surface area contributed by atoms with Gasteiger partial charge in [-0.25, -0.2) is 13.4 Å². The number of nitrogens with zero attached hydrogens (tertiary/aromatic N) is 2. The molecule has 1 fully saturated rings. The smallest absolute Gasteiger partial charge is 0.178 e. The van der Waals surface area contributed by atoms with Gasteiger partial charge in [0.05, 0.1) is 21.7 Å². The Bertz CT molecular complexity index is 1360. The third kappa shape index (κ3) is 4.76. The number of hydrogen-bond donors (Lipinski definition) is 1. The van der Waals surface area contributed by atoms with Crippen LogP contribution >= 0.6 is 21.6 Å². The molecule has 1 aliphatic heterocycles. The molecule has 33 heavy (non-hydrogen) atoms. The van der Waals surface area contributed by atoms with Gasteiger partial charge >= 0.3 is 0 Å². The molecular formula is C24H23N3O3S3. The molecular weight excluding hydrogens is 474 g/mol. The van der Waals surface area contributed by atoms with Crippen LogP contribution in [0.2, 0.25) is 0 Å². The summed E-state index contributed by atoms with van der Waals surface area (Å²) in [5.74, 6) is 3.30. The predicted octanol–water partition coefficient (Wildman–Crippen LogP) is 6.43. The second kappa shape index (κ2) is 9.40. The zero-order valence-corrected chi connectivity index (χ0v) is 20.5. The zero-order valence-electron chi connectivity index (χ0n) is 18.0. The normalized spacial score (nSPS) is 16.7. The molecule has 3 heterocycles. The number of ether oxygens (including phenoxy) is 1. The van der Waals surface area contributed by atoms with E-state index < -0.39 is 9.84 Å². The first-order valence-electron chi connectivity index (χ1n) is 10.8. The molecule has 2 aromatic carbocycles. The van der Waals surface area contributed by atoms with Crippen LogP contribution in [-0.4, -0.2) is 34.9 Å². The minimum Gasteiger partial charge on any atom is -0.457 e. The average molecular weight is 498 g/mol. The molecule has 2 aromatic heterocycles. The highest BCUT2D eigenvalue weighted by Crippen LogP contribution is 2.49. The number of sulfone groups is 1. The maximum Gasteiger partial charge on any atom is 0.178 e. The first-order valence-corrected chi connectivity index (χ1v) is 14.8. The molecule has 1 saturated heterocycles. The van der Waals surface area contributed by atoms with Crippen LogP contribution in [-0.2, 0) is 9.84 Å². The molecule has 6 nitrogen and oxygen atoms in total. The summed E-state index contributed by atoms with van der Waals surface area (Å²) in [5.41, 5.74) is 3.63. The number of fused-ring (bicyclic) bond motifs is 1. The molecule has 170 valence electrons. The molecule has 9 heteroatoms. The fourth-order valence-electron chi connectivity index (χ4n) is 3.74. The monoisotopic (exact) mass is 497 g/mol. The number of aromatic amines is 1. The van der Waals surface area contributed by atoms with Crippen molar-refractivity contribution in [3.63, 3.8) is 0 Å². The van der Waals surface area contributed by atoms with Crippen molar-refractivity contribution in [1.82, 2.24) is 15.0 Å². The van der Waals surface area contributed by atoms with Crippen LogP contribution in [0.25, 0.3) is 22.6 Å². The Morgan fingerprint density at radius 3 is 2.70 bits per heavy atom. The number of aromatic nitrogens is 3. The summed E-state index contributed by atoms with van der Waals surface area (Å²) < 4.78 is 30.6. The molecule has 4 aromatic rings. The molecule has 5 rings (SSSR count). The van der Waals surface area contributed by atoms with Crippen molar-refractivity contribution in [3.8, 4) is 23.0 Å². The van der Waals surface area contributed by atoms with Gasteiger partial charge in [0.1, 0.15) is 17.2 Å². The van der Waals surface area contributed by atoms with Crippen LogP contribution in [0.3, 0.4) is 0 Å². The largest absolute Gasteiger partial charge is 0.457 e. The summed E-state index contributed by atoms with van der Waals surface area (Å²) >= 11 is 0. The molecule has 1 atom stereocenters. The summed E-state index contributed by atoms with van der Waals surface area (Å²) in [4.78, 5) is 12.8. The zero-order chi connectivity index (χ0) is 22.8. The Kier molecular flexibility index (Phi) is 6.36. The van der Waals surface area contributed by atoms with Crippen LogP contribution in [0.4, 0.5) is 0 Å². The van der Waals surface area contributed by atoms with Crippen LogP contribution < -0.4 is 4.74 Å². The van der Waals surface area contributed by atoms with E-state index >= 15 is 0 Å². The number of H-pyrrole nitrogens is 1. The van der Waals surface area contributed by atoms with Gasteiger partial charge in [-0.05, 0) is 55.3 Å².